The second-order valence-electron chi connectivity index (χ2n) is 9.70. The van der Waals surface area contributed by atoms with Crippen molar-refractivity contribution in [3.8, 4) is 22.6 Å². The minimum atomic E-state index is 0.0567. The molecule has 2 N–H and O–H groups in total. The van der Waals surface area contributed by atoms with Crippen molar-refractivity contribution in [1.29, 1.82) is 0 Å². The van der Waals surface area contributed by atoms with Gasteiger partial charge in [-0.25, -0.2) is 4.98 Å². The summed E-state index contributed by atoms with van der Waals surface area (Å²) in [6.45, 7) is 2.23. The Kier molecular flexibility index (Phi) is 7.54. The van der Waals surface area contributed by atoms with Crippen molar-refractivity contribution in [1.82, 2.24) is 40.8 Å². The van der Waals surface area contributed by atoms with Crippen LogP contribution in [0.5, 0.6) is 0 Å². The fourth-order valence-corrected chi connectivity index (χ4v) is 5.22. The molecule has 1 aromatic carbocycles. The molecule has 0 amide bonds. The van der Waals surface area contributed by atoms with Crippen LogP contribution in [0, 0.1) is 11.8 Å². The van der Waals surface area contributed by atoms with Gasteiger partial charge in [0.25, 0.3) is 0 Å². The molecule has 0 spiro atoms. The Labute approximate surface area is 210 Å². The summed E-state index contributed by atoms with van der Waals surface area (Å²) in [5, 5.41) is 21.5. The van der Waals surface area contributed by atoms with Crippen LogP contribution < -0.4 is 0 Å². The van der Waals surface area contributed by atoms with E-state index in [1.165, 1.54) is 32.1 Å². The lowest BCUT2D eigenvalue weighted by Gasteiger charge is -2.27. The largest absolute Gasteiger partial charge is 0.290 e. The molecule has 2 atom stereocenters. The van der Waals surface area contributed by atoms with Gasteiger partial charge in [0.1, 0.15) is 11.5 Å². The van der Waals surface area contributed by atoms with Crippen LogP contribution in [0.1, 0.15) is 80.3 Å². The van der Waals surface area contributed by atoms with E-state index < -0.39 is 0 Å². The van der Waals surface area contributed by atoms with Crippen LogP contribution in [0.15, 0.2) is 42.6 Å². The van der Waals surface area contributed by atoms with Gasteiger partial charge in [-0.2, -0.15) is 10.3 Å². The molecular formula is C27H32N8O. The van der Waals surface area contributed by atoms with Gasteiger partial charge in [0.05, 0.1) is 0 Å². The number of tetrazole rings is 1. The fraction of sp³-hybridized carbons (Fsp3) is 0.444. The fourth-order valence-electron chi connectivity index (χ4n) is 5.22. The number of aromatic nitrogens is 8. The molecule has 5 rings (SSSR count). The third-order valence-corrected chi connectivity index (χ3v) is 7.12. The molecular weight excluding hydrogens is 452 g/mol. The minimum absolute atomic E-state index is 0.0567. The highest BCUT2D eigenvalue weighted by atomic mass is 16.1. The van der Waals surface area contributed by atoms with Crippen LogP contribution in [0.4, 0.5) is 0 Å². The van der Waals surface area contributed by atoms with Gasteiger partial charge < -0.3 is 0 Å². The van der Waals surface area contributed by atoms with E-state index in [4.69, 9.17) is 0 Å². The molecule has 1 fully saturated rings. The Morgan fingerprint density at radius 1 is 1.08 bits per heavy atom. The van der Waals surface area contributed by atoms with Crippen LogP contribution >= 0.6 is 0 Å². The zero-order valence-corrected chi connectivity index (χ0v) is 20.7. The SMILES string of the molecule is CCCCCC1CCCC(C(=O)c2n[nH]c(Cc3ccc(-c4cccnc4-c4nn[nH]n4)cc3)n2)C1. The lowest BCUT2D eigenvalue weighted by atomic mass is 9.77. The Hall–Kier alpha value is -3.75. The molecule has 0 aliphatic heterocycles. The number of nitrogens with one attached hydrogen (secondary N) is 2. The van der Waals surface area contributed by atoms with Gasteiger partial charge in [0.15, 0.2) is 0 Å². The number of carbonyl (C=O) groups is 1. The molecule has 0 radical (unpaired) electrons. The van der Waals surface area contributed by atoms with E-state index >= 15 is 0 Å². The summed E-state index contributed by atoms with van der Waals surface area (Å²) in [4.78, 5) is 22.1. The van der Waals surface area contributed by atoms with Crippen LogP contribution in [0.25, 0.3) is 22.6 Å². The molecule has 1 aliphatic carbocycles. The summed E-state index contributed by atoms with van der Waals surface area (Å²) in [6.07, 6.45) is 11.6. The first kappa shape index (κ1) is 24.0. The first-order valence-electron chi connectivity index (χ1n) is 12.9. The molecule has 9 heteroatoms. The van der Waals surface area contributed by atoms with E-state index in [0.29, 0.717) is 35.5 Å². The molecule has 3 aromatic heterocycles. The summed E-state index contributed by atoms with van der Waals surface area (Å²) < 4.78 is 0. The first-order valence-corrected chi connectivity index (χ1v) is 12.9. The quantitative estimate of drug-likeness (QED) is 0.234. The maximum Gasteiger partial charge on any atom is 0.223 e. The molecule has 1 saturated carbocycles. The highest BCUT2D eigenvalue weighted by Crippen LogP contribution is 2.34. The summed E-state index contributed by atoms with van der Waals surface area (Å²) in [7, 11) is 0. The lowest BCUT2D eigenvalue weighted by Crippen LogP contribution is -2.24. The third kappa shape index (κ3) is 5.56. The maximum atomic E-state index is 13.1. The van der Waals surface area contributed by atoms with Crippen molar-refractivity contribution in [2.24, 2.45) is 11.8 Å². The topological polar surface area (TPSA) is 126 Å². The van der Waals surface area contributed by atoms with Gasteiger partial charge in [-0.05, 0) is 41.2 Å². The van der Waals surface area contributed by atoms with Gasteiger partial charge in [-0.1, -0.05) is 75.8 Å². The molecule has 9 nitrogen and oxygen atoms in total. The van der Waals surface area contributed by atoms with Crippen molar-refractivity contribution in [2.45, 2.75) is 64.7 Å². The van der Waals surface area contributed by atoms with Gasteiger partial charge in [0, 0.05) is 24.1 Å². The zero-order chi connectivity index (χ0) is 24.7. The van der Waals surface area contributed by atoms with Gasteiger partial charge >= 0.3 is 0 Å². The lowest BCUT2D eigenvalue weighted by molar-refractivity contribution is 0.0848. The number of carbonyl (C=O) groups excluding carboxylic acids is 1. The Morgan fingerprint density at radius 3 is 2.78 bits per heavy atom. The molecule has 186 valence electrons. The molecule has 0 saturated heterocycles. The van der Waals surface area contributed by atoms with E-state index in [2.05, 4.69) is 47.7 Å². The van der Waals surface area contributed by atoms with Crippen molar-refractivity contribution < 1.29 is 4.79 Å². The second-order valence-corrected chi connectivity index (χ2v) is 9.70. The number of ketones is 1. The Bertz CT molecular complexity index is 1270. The predicted octanol–water partition coefficient (Wildman–Crippen LogP) is 5.21. The van der Waals surface area contributed by atoms with Gasteiger partial charge in [0.2, 0.25) is 17.4 Å². The summed E-state index contributed by atoms with van der Waals surface area (Å²) in [6, 6.07) is 12.1. The number of H-pyrrole nitrogens is 2. The summed E-state index contributed by atoms with van der Waals surface area (Å²) in [5.41, 5.74) is 3.68. The summed E-state index contributed by atoms with van der Waals surface area (Å²) >= 11 is 0. The number of hydrogen-bond acceptors (Lipinski definition) is 7. The highest BCUT2D eigenvalue weighted by molar-refractivity contribution is 5.94. The average molecular weight is 485 g/mol. The summed E-state index contributed by atoms with van der Waals surface area (Å²) in [5.74, 6) is 2.31. The minimum Gasteiger partial charge on any atom is -0.290 e. The maximum absolute atomic E-state index is 13.1. The van der Waals surface area contributed by atoms with Crippen LogP contribution in [-0.2, 0) is 6.42 Å². The van der Waals surface area contributed by atoms with Crippen molar-refractivity contribution in [3.05, 3.63) is 59.8 Å². The number of pyridine rings is 1. The number of rotatable bonds is 10. The molecule has 3 heterocycles. The zero-order valence-electron chi connectivity index (χ0n) is 20.7. The monoisotopic (exact) mass is 484 g/mol. The first-order chi connectivity index (χ1) is 17.7. The number of benzene rings is 1. The predicted molar refractivity (Wildman–Crippen MR) is 136 cm³/mol. The van der Waals surface area contributed by atoms with Crippen LogP contribution in [0.3, 0.4) is 0 Å². The third-order valence-electron chi connectivity index (χ3n) is 7.12. The normalized spacial score (nSPS) is 17.8. The molecule has 1 aliphatic rings. The number of aromatic amines is 2. The molecule has 4 aromatic rings. The van der Waals surface area contributed by atoms with Crippen LogP contribution in [0.2, 0.25) is 0 Å². The average Bonchev–Trinajstić information content (AvgIpc) is 3.62. The molecule has 36 heavy (non-hydrogen) atoms. The Morgan fingerprint density at radius 2 is 1.97 bits per heavy atom. The van der Waals surface area contributed by atoms with Crippen molar-refractivity contribution >= 4 is 5.78 Å². The molecule has 0 bridgehead atoms. The van der Waals surface area contributed by atoms with Crippen molar-refractivity contribution in [3.63, 3.8) is 0 Å². The number of unbranched alkanes of at least 4 members (excludes halogenated alkanes) is 2. The smallest absolute Gasteiger partial charge is 0.223 e. The van der Waals surface area contributed by atoms with Crippen molar-refractivity contribution in [2.75, 3.05) is 0 Å². The second kappa shape index (κ2) is 11.3. The number of Topliss-reactive ketones (excluding diaryl/α,β-unsaturated/α-hetero) is 1. The van der Waals surface area contributed by atoms with E-state index in [9.17, 15) is 4.79 Å². The van der Waals surface area contributed by atoms with E-state index in [0.717, 1.165) is 36.0 Å². The standard InChI is InChI=1S/C27H32N8O/c1-2-3-4-7-18-8-5-9-21(16-18)25(36)27-29-23(30-31-27)17-19-11-13-20(14-12-19)22-10-6-15-28-24(22)26-32-34-35-33-26/h6,10-15,18,21H,2-5,7-9,16-17H2,1H3,(H,29,30,31)(H,32,33,34,35). The van der Waals surface area contributed by atoms with E-state index in [1.807, 2.05) is 36.4 Å². The van der Waals surface area contributed by atoms with E-state index in [1.54, 1.807) is 6.20 Å². The van der Waals surface area contributed by atoms with Gasteiger partial charge in [-0.15, -0.1) is 10.2 Å². The van der Waals surface area contributed by atoms with Gasteiger partial charge in [-0.3, -0.25) is 14.9 Å². The Balaban J connectivity index is 1.23. The highest BCUT2D eigenvalue weighted by Gasteiger charge is 2.29. The number of hydrogen-bond donors (Lipinski definition) is 2. The van der Waals surface area contributed by atoms with Crippen LogP contribution in [-0.4, -0.2) is 46.6 Å². The number of nitrogens with zero attached hydrogens (tertiary/aromatic N) is 6. The molecule has 2 unspecified atom stereocenters. The van der Waals surface area contributed by atoms with E-state index in [-0.39, 0.29) is 11.7 Å².